The van der Waals surface area contributed by atoms with E-state index in [1.54, 1.807) is 23.9 Å². The summed E-state index contributed by atoms with van der Waals surface area (Å²) < 4.78 is 0.874. The number of carbonyl (C=O) groups excluding carboxylic acids is 1. The summed E-state index contributed by atoms with van der Waals surface area (Å²) in [5.41, 5.74) is 0.799. The quantitative estimate of drug-likeness (QED) is 0.338. The highest BCUT2D eigenvalue weighted by Crippen LogP contribution is 2.26. The van der Waals surface area contributed by atoms with Gasteiger partial charge in [0, 0.05) is 16.9 Å². The number of amides is 1. The molecule has 0 aliphatic carbocycles. The van der Waals surface area contributed by atoms with Gasteiger partial charge in [0.15, 0.2) is 4.34 Å². The Morgan fingerprint density at radius 1 is 1.41 bits per heavy atom. The first-order valence-corrected chi connectivity index (χ1v) is 9.07. The van der Waals surface area contributed by atoms with Crippen molar-refractivity contribution in [2.75, 3.05) is 11.1 Å². The third-order valence-electron chi connectivity index (χ3n) is 2.68. The lowest BCUT2D eigenvalue weighted by Gasteiger charge is -1.97. The highest BCUT2D eigenvalue weighted by Gasteiger charge is 2.06. The molecule has 1 heterocycles. The molecule has 0 radical (unpaired) electrons. The van der Waals surface area contributed by atoms with Crippen molar-refractivity contribution in [1.82, 2.24) is 10.2 Å². The molecule has 1 aromatic carbocycles. The largest absolute Gasteiger partial charge is 0.297 e. The topological polar surface area (TPSA) is 54.9 Å². The van der Waals surface area contributed by atoms with E-state index in [1.165, 1.54) is 17.4 Å². The molecule has 1 aromatic heterocycles. The number of anilines is 1. The van der Waals surface area contributed by atoms with E-state index in [0.717, 1.165) is 28.5 Å². The van der Waals surface area contributed by atoms with E-state index in [1.807, 2.05) is 18.2 Å². The molecule has 116 valence electrons. The van der Waals surface area contributed by atoms with E-state index in [2.05, 4.69) is 22.4 Å². The van der Waals surface area contributed by atoms with Crippen LogP contribution in [0.2, 0.25) is 5.02 Å². The molecule has 0 aliphatic rings. The average molecular weight is 354 g/mol. The van der Waals surface area contributed by atoms with E-state index >= 15 is 0 Å². The van der Waals surface area contributed by atoms with Crippen LogP contribution in [0, 0.1) is 0 Å². The van der Waals surface area contributed by atoms with Crippen LogP contribution in [0.3, 0.4) is 0 Å². The molecule has 0 spiro atoms. The van der Waals surface area contributed by atoms with Crippen LogP contribution in [-0.4, -0.2) is 21.9 Å². The molecule has 0 bridgehead atoms. The lowest BCUT2D eigenvalue weighted by Crippen LogP contribution is -2.07. The molecule has 2 rings (SSSR count). The van der Waals surface area contributed by atoms with Crippen molar-refractivity contribution in [3.8, 4) is 0 Å². The van der Waals surface area contributed by atoms with Gasteiger partial charge in [-0.1, -0.05) is 66.2 Å². The average Bonchev–Trinajstić information content (AvgIpc) is 2.94. The number of unbranched alkanes of at least 4 members (excludes halogenated alkanes) is 1. The number of halogens is 1. The summed E-state index contributed by atoms with van der Waals surface area (Å²) in [6.07, 6.45) is 5.41. The predicted molar refractivity (Wildman–Crippen MR) is 94.7 cm³/mol. The minimum Gasteiger partial charge on any atom is -0.297 e. The first kappa shape index (κ1) is 17.0. The van der Waals surface area contributed by atoms with Crippen LogP contribution in [0.25, 0.3) is 6.08 Å². The molecule has 0 atom stereocenters. The van der Waals surface area contributed by atoms with Gasteiger partial charge in [-0.25, -0.2) is 0 Å². The number of rotatable bonds is 7. The van der Waals surface area contributed by atoms with Crippen LogP contribution in [0.5, 0.6) is 0 Å². The zero-order valence-electron chi connectivity index (χ0n) is 12.1. The Morgan fingerprint density at radius 3 is 3.00 bits per heavy atom. The molecule has 0 unspecified atom stereocenters. The number of benzene rings is 1. The van der Waals surface area contributed by atoms with Crippen LogP contribution in [0.4, 0.5) is 5.13 Å². The first-order valence-electron chi connectivity index (χ1n) is 6.89. The Labute approximate surface area is 143 Å². The number of carbonyl (C=O) groups is 1. The Morgan fingerprint density at radius 2 is 2.23 bits per heavy atom. The van der Waals surface area contributed by atoms with E-state index < -0.39 is 0 Å². The minimum absolute atomic E-state index is 0.249. The van der Waals surface area contributed by atoms with Crippen LogP contribution >= 0.6 is 34.7 Å². The summed E-state index contributed by atoms with van der Waals surface area (Å²) in [4.78, 5) is 11.9. The zero-order chi connectivity index (χ0) is 15.8. The molecule has 7 heteroatoms. The van der Waals surface area contributed by atoms with Gasteiger partial charge in [-0.3, -0.25) is 10.1 Å². The summed E-state index contributed by atoms with van der Waals surface area (Å²) in [5.74, 6) is 0.770. The molecule has 0 fully saturated rings. The van der Waals surface area contributed by atoms with Gasteiger partial charge >= 0.3 is 0 Å². The predicted octanol–water partition coefficient (Wildman–Crippen LogP) is 4.74. The fourth-order valence-electron chi connectivity index (χ4n) is 1.55. The van der Waals surface area contributed by atoms with Gasteiger partial charge in [0.1, 0.15) is 0 Å². The van der Waals surface area contributed by atoms with Crippen molar-refractivity contribution in [2.24, 2.45) is 0 Å². The molecule has 0 saturated heterocycles. The number of nitrogens with zero attached hydrogens (tertiary/aromatic N) is 2. The van der Waals surface area contributed by atoms with E-state index in [4.69, 9.17) is 11.6 Å². The molecule has 0 aliphatic heterocycles. The van der Waals surface area contributed by atoms with Crippen molar-refractivity contribution in [3.05, 3.63) is 40.9 Å². The smallest absolute Gasteiger partial charge is 0.250 e. The third-order valence-corrected chi connectivity index (χ3v) is 5.08. The van der Waals surface area contributed by atoms with Gasteiger partial charge in [-0.2, -0.15) is 0 Å². The summed E-state index contributed by atoms with van der Waals surface area (Å²) in [5, 5.41) is 11.8. The van der Waals surface area contributed by atoms with Crippen molar-refractivity contribution >= 4 is 51.8 Å². The van der Waals surface area contributed by atoms with Crippen molar-refractivity contribution in [1.29, 1.82) is 0 Å². The maximum absolute atomic E-state index is 11.9. The fourth-order valence-corrected chi connectivity index (χ4v) is 3.65. The monoisotopic (exact) mass is 353 g/mol. The molecule has 2 aromatic rings. The van der Waals surface area contributed by atoms with Crippen LogP contribution in [-0.2, 0) is 4.79 Å². The van der Waals surface area contributed by atoms with E-state index in [9.17, 15) is 4.79 Å². The van der Waals surface area contributed by atoms with Crippen LogP contribution < -0.4 is 5.32 Å². The normalized spacial score (nSPS) is 11.0. The van der Waals surface area contributed by atoms with Crippen LogP contribution in [0.15, 0.2) is 34.7 Å². The van der Waals surface area contributed by atoms with Gasteiger partial charge in [0.2, 0.25) is 11.0 Å². The Kier molecular flexibility index (Phi) is 6.89. The molecule has 22 heavy (non-hydrogen) atoms. The van der Waals surface area contributed by atoms with Crippen molar-refractivity contribution < 1.29 is 4.79 Å². The molecule has 1 N–H and O–H groups in total. The number of thioether (sulfide) groups is 1. The van der Waals surface area contributed by atoms with E-state index in [-0.39, 0.29) is 5.91 Å². The van der Waals surface area contributed by atoms with Gasteiger partial charge in [0.25, 0.3) is 0 Å². The van der Waals surface area contributed by atoms with Crippen LogP contribution in [0.1, 0.15) is 25.3 Å². The van der Waals surface area contributed by atoms with Crippen molar-refractivity contribution in [3.63, 3.8) is 0 Å². The highest BCUT2D eigenvalue weighted by molar-refractivity contribution is 8.01. The fraction of sp³-hybridized carbons (Fsp3) is 0.267. The Bertz CT molecular complexity index is 658. The maximum atomic E-state index is 11.9. The van der Waals surface area contributed by atoms with Gasteiger partial charge < -0.3 is 0 Å². The van der Waals surface area contributed by atoms with Gasteiger partial charge in [0.05, 0.1) is 0 Å². The highest BCUT2D eigenvalue weighted by atomic mass is 35.5. The summed E-state index contributed by atoms with van der Waals surface area (Å²) in [6.45, 7) is 2.15. The summed E-state index contributed by atoms with van der Waals surface area (Å²) >= 11 is 9.07. The van der Waals surface area contributed by atoms with Gasteiger partial charge in [-0.15, -0.1) is 10.2 Å². The number of aromatic nitrogens is 2. The molecular weight excluding hydrogens is 338 g/mol. The first-order chi connectivity index (χ1) is 10.7. The van der Waals surface area contributed by atoms with Crippen molar-refractivity contribution in [2.45, 2.75) is 24.1 Å². The number of hydrogen-bond donors (Lipinski definition) is 1. The summed E-state index contributed by atoms with van der Waals surface area (Å²) in [6, 6.07) is 7.34. The standard InChI is InChI=1S/C15H16ClN3OS2/c1-2-3-10-21-15-19-18-14(22-15)17-13(20)9-8-11-6-4-5-7-12(11)16/h4-9H,2-3,10H2,1H3,(H,17,18,20)/b9-8+. The Hall–Kier alpha value is -1.37. The lowest BCUT2D eigenvalue weighted by molar-refractivity contribution is -0.111. The van der Waals surface area contributed by atoms with Gasteiger partial charge in [-0.05, 0) is 24.1 Å². The molecule has 4 nitrogen and oxygen atoms in total. The minimum atomic E-state index is -0.249. The molecule has 1 amide bonds. The lowest BCUT2D eigenvalue weighted by atomic mass is 10.2. The molecule has 0 saturated carbocycles. The SMILES string of the molecule is CCCCSc1nnc(NC(=O)/C=C/c2ccccc2Cl)s1. The second-order valence-electron chi connectivity index (χ2n) is 4.42. The maximum Gasteiger partial charge on any atom is 0.250 e. The summed E-state index contributed by atoms with van der Waals surface area (Å²) in [7, 11) is 0. The third kappa shape index (κ3) is 5.44. The second kappa shape index (κ2) is 8.92. The number of hydrogen-bond acceptors (Lipinski definition) is 5. The second-order valence-corrected chi connectivity index (χ2v) is 7.15. The zero-order valence-corrected chi connectivity index (χ0v) is 14.5. The Balaban J connectivity index is 1.88. The van der Waals surface area contributed by atoms with E-state index in [0.29, 0.717) is 10.2 Å². The molecular formula is C15H16ClN3OS2. The number of nitrogens with one attached hydrogen (secondary N) is 1.